The van der Waals surface area contributed by atoms with E-state index >= 15 is 0 Å². The lowest BCUT2D eigenvalue weighted by molar-refractivity contribution is -0.385. The zero-order valence-electron chi connectivity index (χ0n) is 14.1. The molecule has 0 saturated carbocycles. The molecule has 1 heterocycles. The molecule has 1 amide bonds. The minimum absolute atomic E-state index is 0.0419. The summed E-state index contributed by atoms with van der Waals surface area (Å²) in [4.78, 5) is 26.0. The molecule has 6 nitrogen and oxygen atoms in total. The number of aryl methyl sites for hydroxylation is 2. The van der Waals surface area contributed by atoms with E-state index in [4.69, 9.17) is 0 Å². The zero-order valence-corrected chi connectivity index (χ0v) is 14.1. The fourth-order valence-corrected chi connectivity index (χ4v) is 2.86. The van der Waals surface area contributed by atoms with Gasteiger partial charge in [-0.1, -0.05) is 17.7 Å². The van der Waals surface area contributed by atoms with Crippen molar-refractivity contribution in [3.05, 3.63) is 75.0 Å². The normalized spacial score (nSPS) is 10.8. The quantitative estimate of drug-likeness (QED) is 0.550. The van der Waals surface area contributed by atoms with Gasteiger partial charge >= 0.3 is 0 Å². The number of H-pyrrole nitrogens is 1. The first kappa shape index (κ1) is 16.7. The first-order valence-corrected chi connectivity index (χ1v) is 8.05. The fraction of sp³-hybridized carbons (Fsp3) is 0.211. The molecule has 0 fully saturated rings. The molecule has 0 radical (unpaired) electrons. The second-order valence-corrected chi connectivity index (χ2v) is 6.13. The van der Waals surface area contributed by atoms with E-state index in [0.717, 1.165) is 16.5 Å². The Hall–Kier alpha value is -3.15. The van der Waals surface area contributed by atoms with Crippen molar-refractivity contribution in [3.8, 4) is 0 Å². The molecule has 0 aliphatic heterocycles. The van der Waals surface area contributed by atoms with Crippen molar-refractivity contribution in [2.45, 2.75) is 20.3 Å². The number of aromatic amines is 1. The van der Waals surface area contributed by atoms with Gasteiger partial charge in [0.15, 0.2) is 0 Å². The van der Waals surface area contributed by atoms with E-state index in [1.807, 2.05) is 19.2 Å². The molecule has 0 aliphatic carbocycles. The molecular weight excluding hydrogens is 318 g/mol. The number of benzene rings is 2. The van der Waals surface area contributed by atoms with Crippen LogP contribution in [0.15, 0.2) is 42.6 Å². The molecule has 0 unspecified atom stereocenters. The van der Waals surface area contributed by atoms with Crippen LogP contribution in [0.5, 0.6) is 0 Å². The summed E-state index contributed by atoms with van der Waals surface area (Å²) in [5.74, 6) is -0.306. The molecular formula is C19H19N3O3. The highest BCUT2D eigenvalue weighted by Crippen LogP contribution is 2.21. The van der Waals surface area contributed by atoms with Gasteiger partial charge in [-0.05, 0) is 44.0 Å². The van der Waals surface area contributed by atoms with Gasteiger partial charge in [0.2, 0.25) is 0 Å². The second-order valence-electron chi connectivity index (χ2n) is 6.13. The molecule has 0 atom stereocenters. The number of amides is 1. The summed E-state index contributed by atoms with van der Waals surface area (Å²) in [6, 6.07) is 10.7. The highest BCUT2D eigenvalue weighted by molar-refractivity contribution is 5.95. The summed E-state index contributed by atoms with van der Waals surface area (Å²) in [7, 11) is 0. The van der Waals surface area contributed by atoms with Crippen molar-refractivity contribution >= 4 is 22.5 Å². The van der Waals surface area contributed by atoms with E-state index in [1.165, 1.54) is 11.6 Å². The maximum atomic E-state index is 12.2. The number of carbonyl (C=O) groups is 1. The number of nitrogens with zero attached hydrogens (tertiary/aromatic N) is 1. The smallest absolute Gasteiger partial charge is 0.273 e. The summed E-state index contributed by atoms with van der Waals surface area (Å²) >= 11 is 0. The Kier molecular flexibility index (Phi) is 4.52. The summed E-state index contributed by atoms with van der Waals surface area (Å²) in [6.07, 6.45) is 2.64. The van der Waals surface area contributed by atoms with E-state index in [0.29, 0.717) is 24.1 Å². The standard InChI is InChI=1S/C19H19N3O3/c1-12-3-6-17-16(9-12)15(11-21-17)7-8-20-19(23)14-5-4-13(2)18(10-14)22(24)25/h3-6,9-11,21H,7-8H2,1-2H3,(H,20,23). The topological polar surface area (TPSA) is 88.0 Å². The van der Waals surface area contributed by atoms with Gasteiger partial charge in [0.05, 0.1) is 4.92 Å². The summed E-state index contributed by atoms with van der Waals surface area (Å²) in [6.45, 7) is 4.16. The minimum Gasteiger partial charge on any atom is -0.361 e. The highest BCUT2D eigenvalue weighted by Gasteiger charge is 2.14. The van der Waals surface area contributed by atoms with Gasteiger partial charge in [-0.3, -0.25) is 14.9 Å². The van der Waals surface area contributed by atoms with Crippen LogP contribution in [-0.2, 0) is 6.42 Å². The molecule has 0 bridgehead atoms. The monoisotopic (exact) mass is 337 g/mol. The second kappa shape index (κ2) is 6.76. The molecule has 6 heteroatoms. The van der Waals surface area contributed by atoms with E-state index in [-0.39, 0.29) is 11.6 Å². The molecule has 2 aromatic carbocycles. The Labute approximate surface area is 145 Å². The third-order valence-electron chi connectivity index (χ3n) is 4.27. The average Bonchev–Trinajstić information content (AvgIpc) is 2.97. The Balaban J connectivity index is 1.67. The number of rotatable bonds is 5. The number of aromatic nitrogens is 1. The molecule has 128 valence electrons. The molecule has 25 heavy (non-hydrogen) atoms. The molecule has 3 aromatic rings. The first-order chi connectivity index (χ1) is 12.0. The number of nitrogens with one attached hydrogen (secondary N) is 2. The number of nitro benzene ring substituents is 1. The van der Waals surface area contributed by atoms with Crippen molar-refractivity contribution in [2.24, 2.45) is 0 Å². The van der Waals surface area contributed by atoms with Crippen molar-refractivity contribution in [3.63, 3.8) is 0 Å². The van der Waals surface area contributed by atoms with Crippen LogP contribution < -0.4 is 5.32 Å². The predicted molar refractivity (Wildman–Crippen MR) is 96.9 cm³/mol. The van der Waals surface area contributed by atoms with Crippen LogP contribution in [0, 0.1) is 24.0 Å². The van der Waals surface area contributed by atoms with Crippen molar-refractivity contribution < 1.29 is 9.72 Å². The van der Waals surface area contributed by atoms with Gasteiger partial charge in [0.1, 0.15) is 0 Å². The molecule has 0 aliphatic rings. The van der Waals surface area contributed by atoms with Crippen molar-refractivity contribution in [2.75, 3.05) is 6.54 Å². The van der Waals surface area contributed by atoms with Gasteiger partial charge in [-0.15, -0.1) is 0 Å². The van der Waals surface area contributed by atoms with Crippen LogP contribution in [0.4, 0.5) is 5.69 Å². The molecule has 1 aromatic heterocycles. The van der Waals surface area contributed by atoms with E-state index in [9.17, 15) is 14.9 Å². The van der Waals surface area contributed by atoms with Gasteiger partial charge in [-0.25, -0.2) is 0 Å². The van der Waals surface area contributed by atoms with Crippen LogP contribution in [-0.4, -0.2) is 22.4 Å². The zero-order chi connectivity index (χ0) is 18.0. The molecule has 3 rings (SSSR count). The minimum atomic E-state index is -0.472. The third-order valence-corrected chi connectivity index (χ3v) is 4.27. The lowest BCUT2D eigenvalue weighted by atomic mass is 10.1. The number of hydrogen-bond donors (Lipinski definition) is 2. The summed E-state index contributed by atoms with van der Waals surface area (Å²) in [5.41, 5.74) is 4.18. The Morgan fingerprint density at radius 3 is 2.76 bits per heavy atom. The maximum absolute atomic E-state index is 12.2. The Morgan fingerprint density at radius 2 is 2.00 bits per heavy atom. The molecule has 0 saturated heterocycles. The van der Waals surface area contributed by atoms with Crippen LogP contribution in [0.2, 0.25) is 0 Å². The van der Waals surface area contributed by atoms with Gasteiger partial charge < -0.3 is 10.3 Å². The number of fused-ring (bicyclic) bond motifs is 1. The molecule has 2 N–H and O–H groups in total. The van der Waals surface area contributed by atoms with E-state index in [2.05, 4.69) is 22.4 Å². The van der Waals surface area contributed by atoms with Crippen LogP contribution in [0.3, 0.4) is 0 Å². The number of carbonyl (C=O) groups excluding carboxylic acids is 1. The highest BCUT2D eigenvalue weighted by atomic mass is 16.6. The van der Waals surface area contributed by atoms with Gasteiger partial charge in [0, 0.05) is 40.8 Å². The summed E-state index contributed by atoms with van der Waals surface area (Å²) in [5, 5.41) is 15.0. The SMILES string of the molecule is Cc1ccc2[nH]cc(CCNC(=O)c3ccc(C)c([N+](=O)[O-])c3)c2c1. The number of hydrogen-bond acceptors (Lipinski definition) is 3. The summed E-state index contributed by atoms with van der Waals surface area (Å²) < 4.78 is 0. The molecule has 0 spiro atoms. The number of nitro groups is 1. The fourth-order valence-electron chi connectivity index (χ4n) is 2.86. The largest absolute Gasteiger partial charge is 0.361 e. The lowest BCUT2D eigenvalue weighted by Gasteiger charge is -2.06. The third kappa shape index (κ3) is 3.52. The first-order valence-electron chi connectivity index (χ1n) is 8.05. The van der Waals surface area contributed by atoms with E-state index < -0.39 is 4.92 Å². The maximum Gasteiger partial charge on any atom is 0.273 e. The average molecular weight is 337 g/mol. The van der Waals surface area contributed by atoms with Crippen LogP contribution >= 0.6 is 0 Å². The van der Waals surface area contributed by atoms with Gasteiger partial charge in [0.25, 0.3) is 11.6 Å². The van der Waals surface area contributed by atoms with Crippen molar-refractivity contribution in [1.82, 2.24) is 10.3 Å². The Bertz CT molecular complexity index is 960. The van der Waals surface area contributed by atoms with Crippen LogP contribution in [0.25, 0.3) is 10.9 Å². The van der Waals surface area contributed by atoms with Crippen LogP contribution in [0.1, 0.15) is 27.0 Å². The van der Waals surface area contributed by atoms with Crippen molar-refractivity contribution in [1.29, 1.82) is 0 Å². The predicted octanol–water partition coefficient (Wildman–Crippen LogP) is 3.67. The van der Waals surface area contributed by atoms with E-state index in [1.54, 1.807) is 19.1 Å². The lowest BCUT2D eigenvalue weighted by Crippen LogP contribution is -2.25. The Morgan fingerprint density at radius 1 is 1.20 bits per heavy atom. The van der Waals surface area contributed by atoms with Gasteiger partial charge in [-0.2, -0.15) is 0 Å².